The molecule has 0 radical (unpaired) electrons. The van der Waals surface area contributed by atoms with Crippen molar-refractivity contribution >= 4 is 11.6 Å². The summed E-state index contributed by atoms with van der Waals surface area (Å²) in [4.78, 5) is 0. The fourth-order valence-corrected chi connectivity index (χ4v) is 3.84. The van der Waals surface area contributed by atoms with E-state index in [-0.39, 0.29) is 0 Å². The van der Waals surface area contributed by atoms with E-state index < -0.39 is 0 Å². The average Bonchev–Trinajstić information content (AvgIpc) is 2.69. The van der Waals surface area contributed by atoms with Crippen LogP contribution in [0.3, 0.4) is 0 Å². The maximum atomic E-state index is 5.96. The highest BCUT2D eigenvalue weighted by Gasteiger charge is 2.44. The van der Waals surface area contributed by atoms with Crippen LogP contribution in [-0.4, -0.2) is 18.0 Å². The van der Waals surface area contributed by atoms with E-state index >= 15 is 0 Å². The third-order valence-electron chi connectivity index (χ3n) is 4.73. The Balaban J connectivity index is 1.49. The van der Waals surface area contributed by atoms with Gasteiger partial charge >= 0.3 is 0 Å². The van der Waals surface area contributed by atoms with Gasteiger partial charge in [-0.3, -0.25) is 0 Å². The van der Waals surface area contributed by atoms with E-state index in [2.05, 4.69) is 5.32 Å². The molecule has 0 spiro atoms. The van der Waals surface area contributed by atoms with Crippen molar-refractivity contribution in [1.29, 1.82) is 0 Å². The van der Waals surface area contributed by atoms with Crippen LogP contribution in [0.2, 0.25) is 0 Å². The average molecular weight is 214 g/mol. The predicted octanol–water partition coefficient (Wildman–Crippen LogP) is 2.78. The van der Waals surface area contributed by atoms with E-state index in [4.69, 9.17) is 11.6 Å². The molecule has 3 aliphatic carbocycles. The molecule has 0 aromatic carbocycles. The third-order valence-corrected chi connectivity index (χ3v) is 5.24. The topological polar surface area (TPSA) is 12.0 Å². The van der Waals surface area contributed by atoms with Crippen LogP contribution >= 0.6 is 11.6 Å². The van der Waals surface area contributed by atoms with E-state index in [1.807, 2.05) is 0 Å². The van der Waals surface area contributed by atoms with Gasteiger partial charge in [-0.2, -0.15) is 0 Å². The molecular formula is C12H20ClN. The molecule has 0 amide bonds. The van der Waals surface area contributed by atoms with Gasteiger partial charge in [0.25, 0.3) is 0 Å². The van der Waals surface area contributed by atoms with Gasteiger partial charge in [-0.25, -0.2) is 0 Å². The first kappa shape index (κ1) is 9.47. The van der Waals surface area contributed by atoms with E-state index in [1.54, 1.807) is 0 Å². The quantitative estimate of drug-likeness (QED) is 0.709. The molecular weight excluding hydrogens is 194 g/mol. The highest BCUT2D eigenvalue weighted by Crippen LogP contribution is 2.48. The van der Waals surface area contributed by atoms with Crippen LogP contribution in [-0.2, 0) is 0 Å². The van der Waals surface area contributed by atoms with E-state index in [0.717, 1.165) is 23.6 Å². The lowest BCUT2D eigenvalue weighted by Gasteiger charge is -2.24. The van der Waals surface area contributed by atoms with Gasteiger partial charge in [0.15, 0.2) is 0 Å². The summed E-state index contributed by atoms with van der Waals surface area (Å²) in [6, 6.07) is 0. The number of hydrogen-bond acceptors (Lipinski definition) is 1. The van der Waals surface area contributed by atoms with Crippen molar-refractivity contribution in [1.82, 2.24) is 5.32 Å². The number of rotatable bonds is 4. The van der Waals surface area contributed by atoms with Crippen LogP contribution in [0, 0.1) is 17.8 Å². The summed E-state index contributed by atoms with van der Waals surface area (Å²) < 4.78 is 0. The second-order valence-corrected chi connectivity index (χ2v) is 6.00. The Morgan fingerprint density at radius 2 is 2.07 bits per heavy atom. The highest BCUT2D eigenvalue weighted by molar-refractivity contribution is 6.18. The monoisotopic (exact) mass is 213 g/mol. The van der Waals surface area contributed by atoms with E-state index in [0.29, 0.717) is 5.54 Å². The predicted molar refractivity (Wildman–Crippen MR) is 59.6 cm³/mol. The molecule has 3 unspecified atom stereocenters. The summed E-state index contributed by atoms with van der Waals surface area (Å²) in [6.07, 6.45) is 8.65. The van der Waals surface area contributed by atoms with E-state index in [9.17, 15) is 0 Å². The van der Waals surface area contributed by atoms with Gasteiger partial charge < -0.3 is 5.32 Å². The molecule has 0 aromatic rings. The molecule has 3 rings (SSSR count). The molecule has 3 atom stereocenters. The van der Waals surface area contributed by atoms with Gasteiger partial charge in [-0.05, 0) is 56.4 Å². The van der Waals surface area contributed by atoms with Crippen molar-refractivity contribution < 1.29 is 0 Å². The summed E-state index contributed by atoms with van der Waals surface area (Å²) in [5.74, 6) is 3.93. The highest BCUT2D eigenvalue weighted by atomic mass is 35.5. The maximum absolute atomic E-state index is 5.96. The number of nitrogens with one attached hydrogen (secondary N) is 1. The second kappa shape index (κ2) is 3.38. The zero-order valence-electron chi connectivity index (χ0n) is 8.77. The largest absolute Gasteiger partial charge is 0.310 e. The molecule has 3 aliphatic rings. The van der Waals surface area contributed by atoms with Gasteiger partial charge in [0.1, 0.15) is 0 Å². The molecule has 0 aliphatic heterocycles. The molecule has 2 heteroatoms. The van der Waals surface area contributed by atoms with Crippen molar-refractivity contribution in [3.63, 3.8) is 0 Å². The Labute approximate surface area is 91.6 Å². The molecule has 3 fully saturated rings. The standard InChI is InChI=1S/C12H20ClN/c13-8-12(3-4-12)14-7-11-6-9-1-2-10(11)5-9/h9-11,14H,1-8H2. The number of halogens is 1. The van der Waals surface area contributed by atoms with Crippen molar-refractivity contribution in [3.05, 3.63) is 0 Å². The summed E-state index contributed by atoms with van der Waals surface area (Å²) in [6.45, 7) is 1.24. The molecule has 2 bridgehead atoms. The van der Waals surface area contributed by atoms with Crippen LogP contribution in [0.25, 0.3) is 0 Å². The van der Waals surface area contributed by atoms with Gasteiger partial charge in [0.05, 0.1) is 0 Å². The first-order chi connectivity index (χ1) is 6.81. The Morgan fingerprint density at radius 3 is 2.57 bits per heavy atom. The minimum absolute atomic E-state index is 0.364. The summed E-state index contributed by atoms with van der Waals surface area (Å²) in [5, 5.41) is 3.71. The minimum atomic E-state index is 0.364. The number of alkyl halides is 1. The molecule has 0 heterocycles. The summed E-state index contributed by atoms with van der Waals surface area (Å²) >= 11 is 5.96. The van der Waals surface area contributed by atoms with Crippen LogP contribution in [0.4, 0.5) is 0 Å². The normalized spacial score (nSPS) is 43.1. The Hall–Kier alpha value is 0.250. The first-order valence-electron chi connectivity index (χ1n) is 6.12. The molecule has 0 aromatic heterocycles. The smallest absolute Gasteiger partial charge is 0.0406 e. The molecule has 1 nitrogen and oxygen atoms in total. The Morgan fingerprint density at radius 1 is 1.21 bits per heavy atom. The van der Waals surface area contributed by atoms with Crippen molar-refractivity contribution in [2.24, 2.45) is 17.8 Å². The lowest BCUT2D eigenvalue weighted by molar-refractivity contribution is 0.305. The van der Waals surface area contributed by atoms with Gasteiger partial charge in [-0.1, -0.05) is 6.42 Å². The van der Waals surface area contributed by atoms with Crippen molar-refractivity contribution in [3.8, 4) is 0 Å². The molecule has 1 N–H and O–H groups in total. The zero-order valence-corrected chi connectivity index (χ0v) is 9.52. The second-order valence-electron chi connectivity index (χ2n) is 5.73. The first-order valence-corrected chi connectivity index (χ1v) is 6.66. The molecule has 3 saturated carbocycles. The SMILES string of the molecule is ClCC1(NCC2CC3CCC2C3)CC1. The molecule has 0 saturated heterocycles. The number of hydrogen-bond donors (Lipinski definition) is 1. The van der Waals surface area contributed by atoms with Crippen molar-refractivity contribution in [2.75, 3.05) is 12.4 Å². The fourth-order valence-electron chi connectivity index (χ4n) is 3.48. The van der Waals surface area contributed by atoms with Gasteiger partial charge in [0.2, 0.25) is 0 Å². The lowest BCUT2D eigenvalue weighted by atomic mass is 9.88. The van der Waals surface area contributed by atoms with Crippen LogP contribution in [0.5, 0.6) is 0 Å². The van der Waals surface area contributed by atoms with Crippen molar-refractivity contribution in [2.45, 2.75) is 44.1 Å². The van der Waals surface area contributed by atoms with Crippen LogP contribution in [0.1, 0.15) is 38.5 Å². The van der Waals surface area contributed by atoms with Crippen LogP contribution < -0.4 is 5.32 Å². The Bertz CT molecular complexity index is 224. The fraction of sp³-hybridized carbons (Fsp3) is 1.00. The number of fused-ring (bicyclic) bond motifs is 2. The third kappa shape index (κ3) is 1.59. The van der Waals surface area contributed by atoms with Gasteiger partial charge in [-0.15, -0.1) is 11.6 Å². The molecule has 80 valence electrons. The van der Waals surface area contributed by atoms with E-state index in [1.165, 1.54) is 45.1 Å². The zero-order chi connectivity index (χ0) is 9.60. The van der Waals surface area contributed by atoms with Gasteiger partial charge in [0, 0.05) is 11.4 Å². The van der Waals surface area contributed by atoms with Crippen LogP contribution in [0.15, 0.2) is 0 Å². The maximum Gasteiger partial charge on any atom is 0.0406 e. The summed E-state index contributed by atoms with van der Waals surface area (Å²) in [5.41, 5.74) is 0.364. The Kier molecular flexibility index (Phi) is 2.29. The molecule has 14 heavy (non-hydrogen) atoms. The minimum Gasteiger partial charge on any atom is -0.310 e. The summed E-state index contributed by atoms with van der Waals surface area (Å²) in [7, 11) is 0. The lowest BCUT2D eigenvalue weighted by Crippen LogP contribution is -2.38.